The van der Waals surface area contributed by atoms with Gasteiger partial charge >= 0.3 is 6.18 Å². The zero-order valence-electron chi connectivity index (χ0n) is 13.6. The molecule has 1 aromatic carbocycles. The number of benzene rings is 1. The minimum absolute atomic E-state index is 0.131. The monoisotopic (exact) mass is 347 g/mol. The van der Waals surface area contributed by atoms with Gasteiger partial charge in [-0.3, -0.25) is 9.59 Å². The molecule has 0 saturated heterocycles. The molecule has 0 aliphatic carbocycles. The lowest BCUT2D eigenvalue weighted by Gasteiger charge is -2.19. The van der Waals surface area contributed by atoms with Crippen molar-refractivity contribution >= 4 is 11.7 Å². The summed E-state index contributed by atoms with van der Waals surface area (Å²) in [4.78, 5) is 23.3. The van der Waals surface area contributed by atoms with E-state index in [2.05, 4.69) is 10.1 Å². The van der Waals surface area contributed by atoms with E-state index < -0.39 is 30.8 Å². The van der Waals surface area contributed by atoms with Crippen LogP contribution in [0.4, 0.5) is 13.2 Å². The number of amides is 1. The summed E-state index contributed by atoms with van der Waals surface area (Å²) in [6.45, 7) is 2.81. The molecule has 24 heavy (non-hydrogen) atoms. The summed E-state index contributed by atoms with van der Waals surface area (Å²) < 4.78 is 45.8. The molecule has 0 aliphatic rings. The predicted molar refractivity (Wildman–Crippen MR) is 81.0 cm³/mol. The number of nitrogens with one attached hydrogen (secondary N) is 1. The Balaban J connectivity index is 2.47. The van der Waals surface area contributed by atoms with E-state index in [9.17, 15) is 22.8 Å². The highest BCUT2D eigenvalue weighted by Crippen LogP contribution is 2.16. The SMILES string of the molecule is CC(=O)c1cccc(O[C@@H](C)C(=O)N[C@@H](C)COCC(F)(F)F)c1. The van der Waals surface area contributed by atoms with E-state index in [1.807, 2.05) is 0 Å². The summed E-state index contributed by atoms with van der Waals surface area (Å²) in [5.41, 5.74) is 0.453. The number of rotatable bonds is 8. The summed E-state index contributed by atoms with van der Waals surface area (Å²) >= 11 is 0. The third-order valence-electron chi connectivity index (χ3n) is 2.94. The fourth-order valence-corrected chi connectivity index (χ4v) is 1.80. The molecule has 1 amide bonds. The number of Topliss-reactive ketones (excluding diaryl/α,β-unsaturated/α-hetero) is 1. The molecule has 8 heteroatoms. The molecule has 1 N–H and O–H groups in total. The van der Waals surface area contributed by atoms with Crippen LogP contribution in [0.15, 0.2) is 24.3 Å². The number of ether oxygens (including phenoxy) is 2. The average Bonchev–Trinajstić information content (AvgIpc) is 2.45. The van der Waals surface area contributed by atoms with E-state index in [-0.39, 0.29) is 12.4 Å². The summed E-state index contributed by atoms with van der Waals surface area (Å²) in [6, 6.07) is 5.77. The number of hydrogen-bond acceptors (Lipinski definition) is 4. The van der Waals surface area contributed by atoms with Crippen LogP contribution < -0.4 is 10.1 Å². The topological polar surface area (TPSA) is 64.6 Å². The molecule has 0 radical (unpaired) electrons. The molecule has 0 spiro atoms. The third kappa shape index (κ3) is 7.45. The number of hydrogen-bond donors (Lipinski definition) is 1. The maximum Gasteiger partial charge on any atom is 0.411 e. The summed E-state index contributed by atoms with van der Waals surface area (Å²) in [6.07, 6.45) is -5.28. The molecule has 1 rings (SSSR count). The first kappa shape index (κ1) is 20.0. The van der Waals surface area contributed by atoms with E-state index in [0.29, 0.717) is 11.3 Å². The van der Waals surface area contributed by atoms with Gasteiger partial charge in [-0.2, -0.15) is 13.2 Å². The van der Waals surface area contributed by atoms with Gasteiger partial charge in [-0.1, -0.05) is 12.1 Å². The Morgan fingerprint density at radius 2 is 1.92 bits per heavy atom. The van der Waals surface area contributed by atoms with Crippen LogP contribution in [-0.2, 0) is 9.53 Å². The fraction of sp³-hybridized carbons (Fsp3) is 0.500. The lowest BCUT2D eigenvalue weighted by molar-refractivity contribution is -0.175. The lowest BCUT2D eigenvalue weighted by atomic mass is 10.1. The number of halogens is 3. The number of ketones is 1. The van der Waals surface area contributed by atoms with Gasteiger partial charge in [-0.25, -0.2) is 0 Å². The average molecular weight is 347 g/mol. The molecular weight excluding hydrogens is 327 g/mol. The Labute approximate surface area is 138 Å². The third-order valence-corrected chi connectivity index (χ3v) is 2.94. The number of carbonyl (C=O) groups excluding carboxylic acids is 2. The molecule has 0 bridgehead atoms. The van der Waals surface area contributed by atoms with Crippen LogP contribution >= 0.6 is 0 Å². The first-order valence-corrected chi connectivity index (χ1v) is 7.31. The predicted octanol–water partition coefficient (Wildman–Crippen LogP) is 2.74. The van der Waals surface area contributed by atoms with Crippen molar-refractivity contribution < 1.29 is 32.2 Å². The van der Waals surface area contributed by atoms with Gasteiger partial charge in [0.1, 0.15) is 12.4 Å². The highest BCUT2D eigenvalue weighted by atomic mass is 19.4. The molecule has 0 aromatic heterocycles. The van der Waals surface area contributed by atoms with E-state index >= 15 is 0 Å². The van der Waals surface area contributed by atoms with Crippen LogP contribution in [0.3, 0.4) is 0 Å². The molecule has 0 aliphatic heterocycles. The minimum atomic E-state index is -4.40. The quantitative estimate of drug-likeness (QED) is 0.735. The van der Waals surface area contributed by atoms with Crippen molar-refractivity contribution in [2.75, 3.05) is 13.2 Å². The van der Waals surface area contributed by atoms with E-state index in [1.165, 1.54) is 26.8 Å². The Kier molecular flexibility index (Phi) is 7.21. The maximum atomic E-state index is 12.0. The van der Waals surface area contributed by atoms with Crippen LogP contribution in [-0.4, -0.2) is 43.2 Å². The van der Waals surface area contributed by atoms with Gasteiger partial charge in [0.05, 0.1) is 6.61 Å². The minimum Gasteiger partial charge on any atom is -0.481 e. The van der Waals surface area contributed by atoms with E-state index in [0.717, 1.165) is 0 Å². The largest absolute Gasteiger partial charge is 0.481 e. The van der Waals surface area contributed by atoms with Crippen molar-refractivity contribution in [1.29, 1.82) is 0 Å². The van der Waals surface area contributed by atoms with Crippen molar-refractivity contribution in [1.82, 2.24) is 5.32 Å². The molecule has 0 fully saturated rings. The Hall–Kier alpha value is -2.09. The molecule has 134 valence electrons. The van der Waals surface area contributed by atoms with Crippen LogP contribution in [0.1, 0.15) is 31.1 Å². The van der Waals surface area contributed by atoms with Crippen molar-refractivity contribution in [3.63, 3.8) is 0 Å². The Morgan fingerprint density at radius 1 is 1.25 bits per heavy atom. The van der Waals surface area contributed by atoms with Gasteiger partial charge in [0.2, 0.25) is 0 Å². The molecule has 5 nitrogen and oxygen atoms in total. The molecular formula is C16H20F3NO4. The highest BCUT2D eigenvalue weighted by molar-refractivity contribution is 5.94. The van der Waals surface area contributed by atoms with Crippen molar-refractivity contribution in [3.05, 3.63) is 29.8 Å². The smallest absolute Gasteiger partial charge is 0.411 e. The molecule has 2 atom stereocenters. The first-order valence-electron chi connectivity index (χ1n) is 7.31. The zero-order chi connectivity index (χ0) is 18.3. The van der Waals surface area contributed by atoms with Gasteiger partial charge in [-0.15, -0.1) is 0 Å². The molecule has 0 saturated carbocycles. The molecule has 0 unspecified atom stereocenters. The van der Waals surface area contributed by atoms with Gasteiger partial charge in [0.15, 0.2) is 11.9 Å². The zero-order valence-corrected chi connectivity index (χ0v) is 13.6. The normalized spacial score (nSPS) is 13.9. The van der Waals surface area contributed by atoms with Crippen molar-refractivity contribution in [2.24, 2.45) is 0 Å². The van der Waals surface area contributed by atoms with Gasteiger partial charge in [0, 0.05) is 11.6 Å². The van der Waals surface area contributed by atoms with E-state index in [1.54, 1.807) is 18.2 Å². The summed E-state index contributed by atoms with van der Waals surface area (Å²) in [5.74, 6) is -0.273. The van der Waals surface area contributed by atoms with Crippen molar-refractivity contribution in [2.45, 2.75) is 39.1 Å². The Morgan fingerprint density at radius 3 is 2.50 bits per heavy atom. The van der Waals surface area contributed by atoms with Gasteiger partial charge < -0.3 is 14.8 Å². The standard InChI is InChI=1S/C16H20F3NO4/c1-10(8-23-9-16(17,18)19)20-15(22)12(3)24-14-6-4-5-13(7-14)11(2)21/h4-7,10,12H,8-9H2,1-3H3,(H,20,22)/t10-,12-/m0/s1. The number of alkyl halides is 3. The molecule has 0 heterocycles. The maximum absolute atomic E-state index is 12.0. The first-order chi connectivity index (χ1) is 11.1. The van der Waals surface area contributed by atoms with Gasteiger partial charge in [0.25, 0.3) is 5.91 Å². The van der Waals surface area contributed by atoms with Gasteiger partial charge in [-0.05, 0) is 32.9 Å². The van der Waals surface area contributed by atoms with Crippen LogP contribution in [0.5, 0.6) is 5.75 Å². The Bertz CT molecular complexity index is 575. The molecule has 1 aromatic rings. The lowest BCUT2D eigenvalue weighted by Crippen LogP contribution is -2.43. The van der Waals surface area contributed by atoms with Crippen LogP contribution in [0.25, 0.3) is 0 Å². The number of carbonyl (C=O) groups is 2. The second-order valence-electron chi connectivity index (χ2n) is 5.38. The van der Waals surface area contributed by atoms with Crippen LogP contribution in [0.2, 0.25) is 0 Å². The highest BCUT2D eigenvalue weighted by Gasteiger charge is 2.28. The van der Waals surface area contributed by atoms with Crippen molar-refractivity contribution in [3.8, 4) is 5.75 Å². The second kappa shape index (κ2) is 8.68. The van der Waals surface area contributed by atoms with E-state index in [4.69, 9.17) is 4.74 Å². The van der Waals surface area contributed by atoms with Crippen LogP contribution in [0, 0.1) is 0 Å². The summed E-state index contributed by atoms with van der Waals surface area (Å²) in [7, 11) is 0. The second-order valence-corrected chi connectivity index (χ2v) is 5.38. The summed E-state index contributed by atoms with van der Waals surface area (Å²) in [5, 5.41) is 2.50. The fourth-order valence-electron chi connectivity index (χ4n) is 1.80.